The van der Waals surface area contributed by atoms with E-state index in [2.05, 4.69) is 5.32 Å². The van der Waals surface area contributed by atoms with Crippen LogP contribution in [0.3, 0.4) is 0 Å². The second-order valence-electron chi connectivity index (χ2n) is 4.13. The molecule has 0 bridgehead atoms. The number of hydrogen-bond acceptors (Lipinski definition) is 3. The molecule has 0 spiro atoms. The zero-order valence-electron chi connectivity index (χ0n) is 10.9. The average molecular weight is 329 g/mol. The van der Waals surface area contributed by atoms with E-state index in [1.54, 1.807) is 18.2 Å². The van der Waals surface area contributed by atoms with Gasteiger partial charge in [0.05, 0.1) is 17.2 Å². The van der Waals surface area contributed by atoms with Gasteiger partial charge in [-0.15, -0.1) is 0 Å². The molecule has 2 aromatic rings. The smallest absolute Gasteiger partial charge is 0.261 e. The van der Waals surface area contributed by atoms with Crippen LogP contribution in [0.15, 0.2) is 30.3 Å². The van der Waals surface area contributed by atoms with Crippen molar-refractivity contribution in [3.8, 4) is 5.75 Å². The molecule has 0 heterocycles. The van der Waals surface area contributed by atoms with E-state index >= 15 is 0 Å². The minimum atomic E-state index is -0.742. The number of benzene rings is 2. The highest BCUT2D eigenvalue weighted by Gasteiger charge is 2.17. The van der Waals surface area contributed by atoms with Crippen LogP contribution in [0.25, 0.3) is 0 Å². The molecule has 0 radical (unpaired) electrons. The number of nitrogen functional groups attached to an aromatic ring is 1. The molecule has 2 rings (SSSR count). The Morgan fingerprint density at radius 3 is 2.48 bits per heavy atom. The molecule has 0 saturated carbocycles. The van der Waals surface area contributed by atoms with Gasteiger partial charge in [-0.1, -0.05) is 29.3 Å². The quantitative estimate of drug-likeness (QED) is 0.661. The standard InChI is InChI=1S/C14H11Cl2FN2O2/c1-21-11-4-2-3-10(18)12(11)14(20)19-7-5-8(15)13(17)9(16)6-7/h2-6H,18H2,1H3,(H,19,20). The maximum Gasteiger partial charge on any atom is 0.261 e. The highest BCUT2D eigenvalue weighted by atomic mass is 35.5. The first-order valence-corrected chi connectivity index (χ1v) is 6.58. The van der Waals surface area contributed by atoms with Crippen LogP contribution < -0.4 is 15.8 Å². The van der Waals surface area contributed by atoms with E-state index in [4.69, 9.17) is 33.7 Å². The third-order valence-corrected chi connectivity index (χ3v) is 3.30. The predicted molar refractivity (Wildman–Crippen MR) is 81.8 cm³/mol. The van der Waals surface area contributed by atoms with E-state index in [1.165, 1.54) is 19.2 Å². The minimum Gasteiger partial charge on any atom is -0.496 e. The van der Waals surface area contributed by atoms with Crippen LogP contribution >= 0.6 is 23.2 Å². The van der Waals surface area contributed by atoms with Crippen LogP contribution in [0, 0.1) is 5.82 Å². The Balaban J connectivity index is 2.35. The molecule has 0 saturated heterocycles. The molecular weight excluding hydrogens is 318 g/mol. The Morgan fingerprint density at radius 2 is 1.90 bits per heavy atom. The van der Waals surface area contributed by atoms with Crippen molar-refractivity contribution in [2.75, 3.05) is 18.2 Å². The second-order valence-corrected chi connectivity index (χ2v) is 4.95. The average Bonchev–Trinajstić information content (AvgIpc) is 2.44. The molecule has 0 aliphatic rings. The lowest BCUT2D eigenvalue weighted by Gasteiger charge is -2.12. The molecule has 3 N–H and O–H groups in total. The van der Waals surface area contributed by atoms with E-state index in [1.807, 2.05) is 0 Å². The SMILES string of the molecule is COc1cccc(N)c1C(=O)Nc1cc(Cl)c(F)c(Cl)c1. The first-order chi connectivity index (χ1) is 9.93. The fraction of sp³-hybridized carbons (Fsp3) is 0.0714. The monoisotopic (exact) mass is 328 g/mol. The van der Waals surface area contributed by atoms with Gasteiger partial charge in [0.1, 0.15) is 11.3 Å². The summed E-state index contributed by atoms with van der Waals surface area (Å²) in [6.07, 6.45) is 0. The Morgan fingerprint density at radius 1 is 1.29 bits per heavy atom. The number of anilines is 2. The Kier molecular flexibility index (Phi) is 4.55. The number of methoxy groups -OCH3 is 1. The van der Waals surface area contributed by atoms with Gasteiger partial charge >= 0.3 is 0 Å². The van der Waals surface area contributed by atoms with E-state index in [9.17, 15) is 9.18 Å². The van der Waals surface area contributed by atoms with Gasteiger partial charge in [-0.3, -0.25) is 4.79 Å². The zero-order chi connectivity index (χ0) is 15.6. The summed E-state index contributed by atoms with van der Waals surface area (Å²) >= 11 is 11.4. The van der Waals surface area contributed by atoms with Gasteiger partial charge in [0.2, 0.25) is 0 Å². The van der Waals surface area contributed by atoms with Crippen molar-refractivity contribution in [3.05, 3.63) is 51.8 Å². The van der Waals surface area contributed by atoms with Crippen molar-refractivity contribution >= 4 is 40.5 Å². The molecule has 0 fully saturated rings. The molecule has 0 aliphatic heterocycles. The van der Waals surface area contributed by atoms with Crippen LogP contribution in [0.4, 0.5) is 15.8 Å². The molecule has 0 atom stereocenters. The number of carbonyl (C=O) groups excluding carboxylic acids is 1. The molecule has 0 aromatic heterocycles. The van der Waals surface area contributed by atoms with Gasteiger partial charge in [-0.2, -0.15) is 0 Å². The lowest BCUT2D eigenvalue weighted by Crippen LogP contribution is -2.15. The fourth-order valence-corrected chi connectivity index (χ4v) is 2.27. The summed E-state index contributed by atoms with van der Waals surface area (Å²) < 4.78 is 18.4. The van der Waals surface area contributed by atoms with Crippen molar-refractivity contribution < 1.29 is 13.9 Å². The van der Waals surface area contributed by atoms with Crippen LogP contribution in [-0.2, 0) is 0 Å². The van der Waals surface area contributed by atoms with Crippen molar-refractivity contribution in [2.45, 2.75) is 0 Å². The number of halogens is 3. The molecule has 110 valence electrons. The second kappa shape index (κ2) is 6.20. The molecule has 1 amide bonds. The lowest BCUT2D eigenvalue weighted by molar-refractivity contribution is 0.102. The topological polar surface area (TPSA) is 64.3 Å². The number of rotatable bonds is 3. The predicted octanol–water partition coefficient (Wildman–Crippen LogP) is 3.98. The van der Waals surface area contributed by atoms with Gasteiger partial charge in [0.15, 0.2) is 5.82 Å². The van der Waals surface area contributed by atoms with E-state index in [0.29, 0.717) is 5.75 Å². The van der Waals surface area contributed by atoms with Crippen LogP contribution in [0.5, 0.6) is 5.75 Å². The van der Waals surface area contributed by atoms with Gasteiger partial charge in [-0.25, -0.2) is 4.39 Å². The molecule has 21 heavy (non-hydrogen) atoms. The van der Waals surface area contributed by atoms with Crippen molar-refractivity contribution in [3.63, 3.8) is 0 Å². The Bertz CT molecular complexity index is 684. The third-order valence-electron chi connectivity index (χ3n) is 2.75. The molecule has 4 nitrogen and oxygen atoms in total. The normalized spacial score (nSPS) is 10.3. The number of hydrogen-bond donors (Lipinski definition) is 2. The van der Waals surface area contributed by atoms with E-state index in [0.717, 1.165) is 0 Å². The number of nitrogens with two attached hydrogens (primary N) is 1. The van der Waals surface area contributed by atoms with E-state index < -0.39 is 11.7 Å². The summed E-state index contributed by atoms with van der Waals surface area (Å²) in [5.74, 6) is -0.927. The summed E-state index contributed by atoms with van der Waals surface area (Å²) in [5, 5.41) is 2.17. The Labute approximate surface area is 130 Å². The number of amides is 1. The summed E-state index contributed by atoms with van der Waals surface area (Å²) in [6, 6.07) is 7.35. The molecule has 0 aliphatic carbocycles. The molecule has 2 aromatic carbocycles. The van der Waals surface area contributed by atoms with Crippen LogP contribution in [-0.4, -0.2) is 13.0 Å². The highest BCUT2D eigenvalue weighted by Crippen LogP contribution is 2.29. The summed E-state index contributed by atoms with van der Waals surface area (Å²) in [5.41, 5.74) is 6.47. The van der Waals surface area contributed by atoms with Crippen molar-refractivity contribution in [2.24, 2.45) is 0 Å². The summed E-state index contributed by atoms with van der Waals surface area (Å²) in [7, 11) is 1.43. The largest absolute Gasteiger partial charge is 0.496 e. The number of carbonyl (C=O) groups is 1. The van der Waals surface area contributed by atoms with Crippen molar-refractivity contribution in [1.29, 1.82) is 0 Å². The van der Waals surface area contributed by atoms with Crippen molar-refractivity contribution in [1.82, 2.24) is 0 Å². The maximum absolute atomic E-state index is 13.3. The number of nitrogens with one attached hydrogen (secondary N) is 1. The highest BCUT2D eigenvalue weighted by molar-refractivity contribution is 6.35. The maximum atomic E-state index is 13.3. The number of ether oxygens (including phenoxy) is 1. The molecular formula is C14H11Cl2FN2O2. The summed E-state index contributed by atoms with van der Waals surface area (Å²) in [4.78, 5) is 12.3. The van der Waals surface area contributed by atoms with Gasteiger partial charge in [0, 0.05) is 11.4 Å². The summed E-state index contributed by atoms with van der Waals surface area (Å²) in [6.45, 7) is 0. The first kappa shape index (κ1) is 15.4. The molecule has 7 heteroatoms. The van der Waals surface area contributed by atoms with Gasteiger partial charge < -0.3 is 15.8 Å². The minimum absolute atomic E-state index is 0.177. The zero-order valence-corrected chi connectivity index (χ0v) is 12.4. The first-order valence-electron chi connectivity index (χ1n) is 5.82. The third kappa shape index (κ3) is 3.20. The fourth-order valence-electron chi connectivity index (χ4n) is 1.78. The lowest BCUT2D eigenvalue weighted by atomic mass is 10.1. The van der Waals surface area contributed by atoms with Gasteiger partial charge in [-0.05, 0) is 24.3 Å². The Hall–Kier alpha value is -1.98. The molecule has 0 unspecified atom stereocenters. The van der Waals surface area contributed by atoms with E-state index in [-0.39, 0.29) is 27.0 Å². The van der Waals surface area contributed by atoms with Gasteiger partial charge in [0.25, 0.3) is 5.91 Å². The van der Waals surface area contributed by atoms with Crippen LogP contribution in [0.1, 0.15) is 10.4 Å². The van der Waals surface area contributed by atoms with Crippen LogP contribution in [0.2, 0.25) is 10.0 Å².